The van der Waals surface area contributed by atoms with Gasteiger partial charge in [-0.3, -0.25) is 4.79 Å². The van der Waals surface area contributed by atoms with Gasteiger partial charge in [0.1, 0.15) is 17.1 Å². The summed E-state index contributed by atoms with van der Waals surface area (Å²) in [6.45, 7) is 1.68. The first-order chi connectivity index (χ1) is 11.1. The molecule has 0 radical (unpaired) electrons. The number of carbonyl (C=O) groups excluding carboxylic acids is 2. The van der Waals surface area contributed by atoms with E-state index in [1.165, 1.54) is 19.4 Å². The van der Waals surface area contributed by atoms with Crippen LogP contribution in [0.4, 0.5) is 0 Å². The van der Waals surface area contributed by atoms with Gasteiger partial charge in [0.2, 0.25) is 0 Å². The molecule has 0 aliphatic heterocycles. The predicted octanol–water partition coefficient (Wildman–Crippen LogP) is 3.00. The Hall–Kier alpha value is -3.15. The lowest BCUT2D eigenvalue weighted by Crippen LogP contribution is -2.03. The Kier molecular flexibility index (Phi) is 3.80. The average Bonchev–Trinajstić information content (AvgIpc) is 3.21. The van der Waals surface area contributed by atoms with E-state index in [0.717, 1.165) is 5.56 Å². The molecule has 23 heavy (non-hydrogen) atoms. The van der Waals surface area contributed by atoms with Gasteiger partial charge >= 0.3 is 5.97 Å². The average molecular weight is 310 g/mol. The highest BCUT2D eigenvalue weighted by atomic mass is 16.5. The molecule has 1 aromatic carbocycles. The predicted molar refractivity (Wildman–Crippen MR) is 82.2 cm³/mol. The molecule has 0 fully saturated rings. The van der Waals surface area contributed by atoms with Crippen LogP contribution in [0.25, 0.3) is 11.3 Å². The van der Waals surface area contributed by atoms with Gasteiger partial charge in [-0.1, -0.05) is 35.5 Å². The number of aryl methyl sites for hydroxylation is 1. The summed E-state index contributed by atoms with van der Waals surface area (Å²) in [5, 5.41) is 3.99. The Bertz CT molecular complexity index is 862. The van der Waals surface area contributed by atoms with Gasteiger partial charge in [0.05, 0.1) is 12.7 Å². The summed E-state index contributed by atoms with van der Waals surface area (Å²) in [4.78, 5) is 27.0. The fourth-order valence-electron chi connectivity index (χ4n) is 2.33. The van der Waals surface area contributed by atoms with Crippen molar-refractivity contribution in [3.8, 4) is 11.3 Å². The molecule has 0 aliphatic carbocycles. The normalized spacial score (nSPS) is 10.5. The number of hydrogen-bond acceptors (Lipinski definition) is 5. The fourth-order valence-corrected chi connectivity index (χ4v) is 2.33. The van der Waals surface area contributed by atoms with Gasteiger partial charge in [-0.05, 0) is 13.0 Å². The van der Waals surface area contributed by atoms with Crippen molar-refractivity contribution in [2.24, 2.45) is 0 Å². The second kappa shape index (κ2) is 5.92. The molecule has 0 saturated carbocycles. The second-order valence-electron chi connectivity index (χ2n) is 4.95. The van der Waals surface area contributed by atoms with E-state index in [2.05, 4.69) is 14.9 Å². The van der Waals surface area contributed by atoms with Crippen molar-refractivity contribution in [2.45, 2.75) is 6.92 Å². The molecule has 0 saturated heterocycles. The van der Waals surface area contributed by atoms with Gasteiger partial charge in [-0.25, -0.2) is 4.79 Å². The van der Waals surface area contributed by atoms with Gasteiger partial charge in [0, 0.05) is 17.3 Å². The lowest BCUT2D eigenvalue weighted by Gasteiger charge is -2.00. The summed E-state index contributed by atoms with van der Waals surface area (Å²) < 4.78 is 9.82. The lowest BCUT2D eigenvalue weighted by molar-refractivity contribution is 0.0595. The SMILES string of the molecule is COC(=O)c1cc(C(=O)c2c(-c3ccccc3)noc2C)c[nH]1. The number of nitrogens with zero attached hydrogens (tertiary/aromatic N) is 1. The summed E-state index contributed by atoms with van der Waals surface area (Å²) >= 11 is 0. The van der Waals surface area contributed by atoms with Crippen LogP contribution in [-0.4, -0.2) is 29.0 Å². The Morgan fingerprint density at radius 1 is 1.22 bits per heavy atom. The molecule has 2 heterocycles. The minimum atomic E-state index is -0.533. The van der Waals surface area contributed by atoms with Crippen molar-refractivity contribution in [3.63, 3.8) is 0 Å². The Morgan fingerprint density at radius 3 is 2.65 bits per heavy atom. The van der Waals surface area contributed by atoms with Crippen LogP contribution in [0, 0.1) is 6.92 Å². The van der Waals surface area contributed by atoms with Crippen LogP contribution < -0.4 is 0 Å². The zero-order valence-corrected chi connectivity index (χ0v) is 12.6. The van der Waals surface area contributed by atoms with Crippen molar-refractivity contribution < 1.29 is 18.8 Å². The minimum absolute atomic E-state index is 0.214. The molecular weight excluding hydrogens is 296 g/mol. The van der Waals surface area contributed by atoms with E-state index in [9.17, 15) is 9.59 Å². The molecule has 6 nitrogen and oxygen atoms in total. The summed E-state index contributed by atoms with van der Waals surface area (Å²) in [7, 11) is 1.28. The lowest BCUT2D eigenvalue weighted by atomic mass is 10.00. The van der Waals surface area contributed by atoms with E-state index in [-0.39, 0.29) is 11.5 Å². The summed E-state index contributed by atoms with van der Waals surface area (Å²) in [6.07, 6.45) is 1.47. The maximum absolute atomic E-state index is 12.8. The quantitative estimate of drug-likeness (QED) is 0.591. The number of nitrogens with one attached hydrogen (secondary N) is 1. The maximum atomic E-state index is 12.8. The van der Waals surface area contributed by atoms with Gasteiger partial charge in [0.25, 0.3) is 0 Å². The Labute approximate surface area is 132 Å². The molecule has 2 aromatic heterocycles. The highest BCUT2D eigenvalue weighted by molar-refractivity contribution is 6.13. The monoisotopic (exact) mass is 310 g/mol. The molecule has 116 valence electrons. The summed E-state index contributed by atoms with van der Waals surface area (Å²) in [5.41, 5.74) is 2.21. The van der Waals surface area contributed by atoms with Crippen LogP contribution in [0.3, 0.4) is 0 Å². The molecule has 0 unspecified atom stereocenters. The van der Waals surface area contributed by atoms with E-state index >= 15 is 0 Å². The van der Waals surface area contributed by atoms with Crippen molar-refractivity contribution >= 4 is 11.8 Å². The third-order valence-electron chi connectivity index (χ3n) is 3.49. The third-order valence-corrected chi connectivity index (χ3v) is 3.49. The topological polar surface area (TPSA) is 85.2 Å². The number of rotatable bonds is 4. The van der Waals surface area contributed by atoms with Crippen molar-refractivity contribution in [1.29, 1.82) is 0 Å². The zero-order chi connectivity index (χ0) is 16.4. The first-order valence-corrected chi connectivity index (χ1v) is 6.95. The van der Waals surface area contributed by atoms with Gasteiger partial charge < -0.3 is 14.2 Å². The molecule has 0 aliphatic rings. The molecular formula is C17H14N2O4. The Balaban J connectivity index is 2.02. The first-order valence-electron chi connectivity index (χ1n) is 6.95. The number of carbonyl (C=O) groups is 2. The molecule has 3 rings (SSSR count). The van der Waals surface area contributed by atoms with Crippen LogP contribution in [0.2, 0.25) is 0 Å². The number of hydrogen-bond donors (Lipinski definition) is 1. The molecule has 0 atom stereocenters. The number of aromatic amines is 1. The smallest absolute Gasteiger partial charge is 0.354 e. The largest absolute Gasteiger partial charge is 0.464 e. The second-order valence-corrected chi connectivity index (χ2v) is 4.95. The number of aromatic nitrogens is 2. The Morgan fingerprint density at radius 2 is 1.96 bits per heavy atom. The van der Waals surface area contributed by atoms with E-state index in [1.54, 1.807) is 6.92 Å². The van der Waals surface area contributed by atoms with E-state index in [1.807, 2.05) is 30.3 Å². The number of methoxy groups -OCH3 is 1. The third kappa shape index (κ3) is 2.66. The van der Waals surface area contributed by atoms with E-state index in [4.69, 9.17) is 4.52 Å². The highest BCUT2D eigenvalue weighted by Crippen LogP contribution is 2.27. The van der Waals surface area contributed by atoms with Crippen LogP contribution in [0.15, 0.2) is 47.1 Å². The minimum Gasteiger partial charge on any atom is -0.464 e. The molecule has 6 heteroatoms. The molecule has 0 spiro atoms. The van der Waals surface area contributed by atoms with E-state index < -0.39 is 5.97 Å². The van der Waals surface area contributed by atoms with Gasteiger partial charge in [-0.2, -0.15) is 0 Å². The number of H-pyrrole nitrogens is 1. The number of ketones is 1. The molecule has 1 N–H and O–H groups in total. The van der Waals surface area contributed by atoms with Crippen LogP contribution in [-0.2, 0) is 4.74 Å². The van der Waals surface area contributed by atoms with Crippen LogP contribution in [0.1, 0.15) is 32.2 Å². The van der Waals surface area contributed by atoms with Gasteiger partial charge in [0.15, 0.2) is 5.78 Å². The van der Waals surface area contributed by atoms with Crippen LogP contribution >= 0.6 is 0 Å². The van der Waals surface area contributed by atoms with Crippen molar-refractivity contribution in [1.82, 2.24) is 10.1 Å². The number of esters is 1. The van der Waals surface area contributed by atoms with Crippen LogP contribution in [0.5, 0.6) is 0 Å². The van der Waals surface area contributed by atoms with E-state index in [0.29, 0.717) is 22.6 Å². The molecule has 3 aromatic rings. The standard InChI is InChI=1S/C17H14N2O4/c1-10-14(15(19-23-10)11-6-4-3-5-7-11)16(20)12-8-13(18-9-12)17(21)22-2/h3-9,18H,1-2H3. The van der Waals surface area contributed by atoms with Gasteiger partial charge in [-0.15, -0.1) is 0 Å². The zero-order valence-electron chi connectivity index (χ0n) is 12.6. The van der Waals surface area contributed by atoms with Crippen molar-refractivity contribution in [2.75, 3.05) is 7.11 Å². The first kappa shape index (κ1) is 14.8. The maximum Gasteiger partial charge on any atom is 0.354 e. The molecule has 0 amide bonds. The number of ether oxygens (including phenoxy) is 1. The van der Waals surface area contributed by atoms with Crippen molar-refractivity contribution in [3.05, 3.63) is 65.2 Å². The summed E-state index contributed by atoms with van der Waals surface area (Å²) in [5.74, 6) is -0.377. The summed E-state index contributed by atoms with van der Waals surface area (Å²) in [6, 6.07) is 10.8. The molecule has 0 bridgehead atoms. The fraction of sp³-hybridized carbons (Fsp3) is 0.118. The number of benzene rings is 1. The highest BCUT2D eigenvalue weighted by Gasteiger charge is 2.24.